The highest BCUT2D eigenvalue weighted by Gasteiger charge is 2.09. The molecule has 0 aromatic rings. The van der Waals surface area contributed by atoms with Crippen LogP contribution in [0.4, 0.5) is 0 Å². The van der Waals surface area contributed by atoms with E-state index < -0.39 is 0 Å². The van der Waals surface area contributed by atoms with Gasteiger partial charge in [-0.25, -0.2) is 0 Å². The molecule has 0 aromatic carbocycles. The van der Waals surface area contributed by atoms with Crippen molar-refractivity contribution in [1.82, 2.24) is 10.6 Å². The van der Waals surface area contributed by atoms with Crippen molar-refractivity contribution in [2.24, 2.45) is 0 Å². The normalized spacial score (nSPS) is 13.2. The highest BCUT2D eigenvalue weighted by atomic mass is 16.1. The van der Waals surface area contributed by atoms with Gasteiger partial charge in [0.25, 0.3) is 0 Å². The summed E-state index contributed by atoms with van der Waals surface area (Å²) < 4.78 is 0. The first-order valence-corrected chi connectivity index (χ1v) is 5.49. The van der Waals surface area contributed by atoms with Gasteiger partial charge in [0.15, 0.2) is 0 Å². The molecule has 0 saturated heterocycles. The summed E-state index contributed by atoms with van der Waals surface area (Å²) in [4.78, 5) is 11.1. The second-order valence-corrected chi connectivity index (χ2v) is 4.06. The molecular formula is C11H24N2O. The van der Waals surface area contributed by atoms with Crippen LogP contribution < -0.4 is 10.6 Å². The van der Waals surface area contributed by atoms with Gasteiger partial charge in [0.1, 0.15) is 5.78 Å². The van der Waals surface area contributed by atoms with Gasteiger partial charge in [-0.1, -0.05) is 20.3 Å². The minimum absolute atomic E-state index is 0.0500. The topological polar surface area (TPSA) is 41.1 Å². The first kappa shape index (κ1) is 13.6. The van der Waals surface area contributed by atoms with Gasteiger partial charge >= 0.3 is 0 Å². The molecule has 0 fully saturated rings. The number of unbranched alkanes of at least 4 members (excludes halogenated alkanes) is 1. The molecule has 1 unspecified atom stereocenters. The fourth-order valence-electron chi connectivity index (χ4n) is 1.42. The van der Waals surface area contributed by atoms with Crippen molar-refractivity contribution in [3.63, 3.8) is 0 Å². The van der Waals surface area contributed by atoms with Crippen LogP contribution in [-0.4, -0.2) is 31.5 Å². The van der Waals surface area contributed by atoms with Crippen molar-refractivity contribution in [2.75, 3.05) is 13.6 Å². The number of rotatable bonds is 8. The molecule has 14 heavy (non-hydrogen) atoms. The Morgan fingerprint density at radius 1 is 1.29 bits per heavy atom. The summed E-state index contributed by atoms with van der Waals surface area (Å²) in [5.41, 5.74) is 0. The molecule has 0 radical (unpaired) electrons. The Balaban J connectivity index is 3.38. The average Bonchev–Trinajstić information content (AvgIpc) is 2.10. The number of hydrogen-bond donors (Lipinski definition) is 2. The molecule has 0 spiro atoms. The molecular weight excluding hydrogens is 176 g/mol. The van der Waals surface area contributed by atoms with Crippen LogP contribution in [0.3, 0.4) is 0 Å². The van der Waals surface area contributed by atoms with Crippen molar-refractivity contribution in [2.45, 2.75) is 52.1 Å². The maximum absolute atomic E-state index is 11.1. The molecule has 3 nitrogen and oxygen atoms in total. The summed E-state index contributed by atoms with van der Waals surface area (Å²) in [6.45, 7) is 6.98. The zero-order valence-corrected chi connectivity index (χ0v) is 9.89. The van der Waals surface area contributed by atoms with Gasteiger partial charge < -0.3 is 10.6 Å². The van der Waals surface area contributed by atoms with Crippen LogP contribution in [0.2, 0.25) is 0 Å². The van der Waals surface area contributed by atoms with Gasteiger partial charge in [0.2, 0.25) is 0 Å². The van der Waals surface area contributed by atoms with Gasteiger partial charge in [-0.2, -0.15) is 0 Å². The predicted octanol–water partition coefficient (Wildman–Crippen LogP) is 1.33. The van der Waals surface area contributed by atoms with Crippen molar-refractivity contribution in [3.8, 4) is 0 Å². The van der Waals surface area contributed by atoms with Crippen LogP contribution in [0.1, 0.15) is 40.0 Å². The fraction of sp³-hybridized carbons (Fsp3) is 0.909. The third-order valence-electron chi connectivity index (χ3n) is 2.31. The van der Waals surface area contributed by atoms with Gasteiger partial charge in [0.05, 0.1) is 6.04 Å². The van der Waals surface area contributed by atoms with E-state index in [0.29, 0.717) is 6.04 Å². The monoisotopic (exact) mass is 200 g/mol. The lowest BCUT2D eigenvalue weighted by Crippen LogP contribution is -2.32. The molecule has 0 aliphatic carbocycles. The zero-order valence-electron chi connectivity index (χ0n) is 9.89. The van der Waals surface area contributed by atoms with E-state index in [2.05, 4.69) is 24.5 Å². The lowest BCUT2D eigenvalue weighted by Gasteiger charge is -2.12. The Morgan fingerprint density at radius 3 is 2.36 bits per heavy atom. The van der Waals surface area contributed by atoms with Crippen molar-refractivity contribution < 1.29 is 4.79 Å². The number of ketones is 1. The van der Waals surface area contributed by atoms with Gasteiger partial charge in [-0.3, -0.25) is 4.79 Å². The molecule has 0 heterocycles. The molecule has 0 aliphatic rings. The number of Topliss-reactive ketones (excluding diaryl/α,β-unsaturated/α-hetero) is 1. The minimum Gasteiger partial charge on any atom is -0.315 e. The summed E-state index contributed by atoms with van der Waals surface area (Å²) in [5, 5.41) is 6.39. The van der Waals surface area contributed by atoms with Crippen molar-refractivity contribution in [3.05, 3.63) is 0 Å². The maximum Gasteiger partial charge on any atom is 0.146 e. The Bertz CT molecular complexity index is 157. The Morgan fingerprint density at radius 2 is 1.93 bits per heavy atom. The predicted molar refractivity (Wildman–Crippen MR) is 60.5 cm³/mol. The van der Waals surface area contributed by atoms with Gasteiger partial charge in [-0.15, -0.1) is 0 Å². The second-order valence-electron chi connectivity index (χ2n) is 4.06. The molecule has 0 amide bonds. The van der Waals surface area contributed by atoms with E-state index in [0.717, 1.165) is 25.8 Å². The summed E-state index contributed by atoms with van der Waals surface area (Å²) in [6.07, 6.45) is 3.19. The number of carbonyl (C=O) groups excluding carboxylic acids is 1. The molecule has 0 saturated carbocycles. The third-order valence-corrected chi connectivity index (χ3v) is 2.31. The first-order chi connectivity index (χ1) is 6.57. The number of nitrogens with one attached hydrogen (secondary N) is 2. The van der Waals surface area contributed by atoms with E-state index >= 15 is 0 Å². The van der Waals surface area contributed by atoms with E-state index in [9.17, 15) is 4.79 Å². The minimum atomic E-state index is 0.0500. The largest absolute Gasteiger partial charge is 0.315 e. The highest BCUT2D eigenvalue weighted by Crippen LogP contribution is 2.01. The summed E-state index contributed by atoms with van der Waals surface area (Å²) in [5.74, 6) is 0.240. The maximum atomic E-state index is 11.1. The van der Waals surface area contributed by atoms with Gasteiger partial charge in [0, 0.05) is 6.04 Å². The van der Waals surface area contributed by atoms with Crippen LogP contribution in [0, 0.1) is 0 Å². The Labute approximate surface area is 87.6 Å². The lowest BCUT2D eigenvalue weighted by atomic mass is 10.1. The molecule has 3 heteroatoms. The van der Waals surface area contributed by atoms with Crippen molar-refractivity contribution >= 4 is 5.78 Å². The van der Waals surface area contributed by atoms with E-state index in [-0.39, 0.29) is 11.8 Å². The van der Waals surface area contributed by atoms with Crippen LogP contribution in [0.15, 0.2) is 0 Å². The molecule has 0 aliphatic heterocycles. The Hall–Kier alpha value is -0.410. The zero-order chi connectivity index (χ0) is 11.0. The standard InChI is InChI=1S/C11H24N2O/c1-9(2)13-8-6-5-7-11(12-4)10(3)14/h9,11-13H,5-8H2,1-4H3. The van der Waals surface area contributed by atoms with Gasteiger partial charge in [-0.05, 0) is 33.4 Å². The molecule has 1 atom stereocenters. The van der Waals surface area contributed by atoms with Crippen LogP contribution in [-0.2, 0) is 4.79 Å². The first-order valence-electron chi connectivity index (χ1n) is 5.49. The molecule has 0 aromatic heterocycles. The molecule has 2 N–H and O–H groups in total. The molecule has 0 rings (SSSR count). The summed E-state index contributed by atoms with van der Waals surface area (Å²) >= 11 is 0. The third kappa shape index (κ3) is 7.04. The Kier molecular flexibility index (Phi) is 7.71. The van der Waals surface area contributed by atoms with E-state index in [4.69, 9.17) is 0 Å². The summed E-state index contributed by atoms with van der Waals surface area (Å²) in [7, 11) is 1.85. The molecule has 0 bridgehead atoms. The fourth-order valence-corrected chi connectivity index (χ4v) is 1.42. The number of hydrogen-bond acceptors (Lipinski definition) is 3. The quantitative estimate of drug-likeness (QED) is 0.581. The van der Waals surface area contributed by atoms with E-state index in [1.807, 2.05) is 7.05 Å². The van der Waals surface area contributed by atoms with E-state index in [1.54, 1.807) is 6.92 Å². The number of carbonyl (C=O) groups is 1. The smallest absolute Gasteiger partial charge is 0.146 e. The lowest BCUT2D eigenvalue weighted by molar-refractivity contribution is -0.119. The number of likely N-dealkylation sites (N-methyl/N-ethyl adjacent to an activating group) is 1. The SMILES string of the molecule is CNC(CCCCNC(C)C)C(C)=O. The van der Waals surface area contributed by atoms with Crippen LogP contribution >= 0.6 is 0 Å². The van der Waals surface area contributed by atoms with E-state index in [1.165, 1.54) is 0 Å². The summed E-state index contributed by atoms with van der Waals surface area (Å²) in [6, 6.07) is 0.608. The van der Waals surface area contributed by atoms with Crippen LogP contribution in [0.5, 0.6) is 0 Å². The second kappa shape index (κ2) is 7.94. The highest BCUT2D eigenvalue weighted by molar-refractivity contribution is 5.81. The molecule has 84 valence electrons. The average molecular weight is 200 g/mol. The van der Waals surface area contributed by atoms with Crippen molar-refractivity contribution in [1.29, 1.82) is 0 Å². The van der Waals surface area contributed by atoms with Crippen LogP contribution in [0.25, 0.3) is 0 Å².